The van der Waals surface area contributed by atoms with Crippen LogP contribution >= 0.6 is 0 Å². The van der Waals surface area contributed by atoms with E-state index in [0.717, 1.165) is 16.8 Å². The number of hydrogen-bond donors (Lipinski definition) is 2. The molecule has 0 saturated heterocycles. The van der Waals surface area contributed by atoms with E-state index in [1.165, 1.54) is 59.4 Å². The Morgan fingerprint density at radius 1 is 1.10 bits per heavy atom. The van der Waals surface area contributed by atoms with E-state index in [1.54, 1.807) is 0 Å². The Bertz CT molecular complexity index is 1250. The number of aliphatic hydroxyl groups is 1. The van der Waals surface area contributed by atoms with Crippen molar-refractivity contribution in [2.45, 2.75) is 25.1 Å². The SMILES string of the molecule is C[C@@H](n1ncn(-c2ccc(O)cc2)c1=O)[C@](O)(Cn1cncn1)c1ccc(F)cc1F. The molecule has 0 spiro atoms. The van der Waals surface area contributed by atoms with Crippen molar-refractivity contribution >= 4 is 0 Å². The third-order valence-electron chi connectivity index (χ3n) is 5.15. The molecule has 0 amide bonds. The second kappa shape index (κ2) is 7.76. The molecule has 0 saturated carbocycles. The Hall–Kier alpha value is -3.86. The van der Waals surface area contributed by atoms with Gasteiger partial charge in [0.05, 0.1) is 18.3 Å². The van der Waals surface area contributed by atoms with Crippen LogP contribution in [0.25, 0.3) is 5.69 Å². The highest BCUT2D eigenvalue weighted by molar-refractivity contribution is 5.36. The monoisotopic (exact) mass is 428 g/mol. The Morgan fingerprint density at radius 2 is 1.84 bits per heavy atom. The fourth-order valence-electron chi connectivity index (χ4n) is 3.42. The molecule has 2 aromatic heterocycles. The number of rotatable bonds is 6. The van der Waals surface area contributed by atoms with Gasteiger partial charge >= 0.3 is 5.69 Å². The predicted octanol–water partition coefficient (Wildman–Crippen LogP) is 1.76. The second-order valence-electron chi connectivity index (χ2n) is 7.06. The van der Waals surface area contributed by atoms with E-state index in [-0.39, 0.29) is 17.9 Å². The second-order valence-corrected chi connectivity index (χ2v) is 7.06. The number of hydrogen-bond acceptors (Lipinski definition) is 6. The lowest BCUT2D eigenvalue weighted by Crippen LogP contribution is -2.44. The molecule has 2 N–H and O–H groups in total. The molecule has 0 aliphatic heterocycles. The molecule has 2 heterocycles. The van der Waals surface area contributed by atoms with Crippen LogP contribution in [0, 0.1) is 11.6 Å². The first kappa shape index (κ1) is 20.4. The van der Waals surface area contributed by atoms with Gasteiger partial charge in [-0.25, -0.2) is 32.5 Å². The normalized spacial score (nSPS) is 14.3. The summed E-state index contributed by atoms with van der Waals surface area (Å²) in [4.78, 5) is 16.8. The molecule has 2 aromatic carbocycles. The summed E-state index contributed by atoms with van der Waals surface area (Å²) in [7, 11) is 0. The summed E-state index contributed by atoms with van der Waals surface area (Å²) >= 11 is 0. The van der Waals surface area contributed by atoms with Crippen molar-refractivity contribution in [1.29, 1.82) is 0 Å². The lowest BCUT2D eigenvalue weighted by Gasteiger charge is -2.34. The minimum atomic E-state index is -2.02. The molecule has 0 bridgehead atoms. The van der Waals surface area contributed by atoms with E-state index in [1.807, 2.05) is 0 Å². The van der Waals surface area contributed by atoms with Gasteiger partial charge in [0.2, 0.25) is 0 Å². The van der Waals surface area contributed by atoms with Gasteiger partial charge in [0, 0.05) is 11.6 Å². The third kappa shape index (κ3) is 3.70. The molecule has 0 aliphatic carbocycles. The molecular formula is C20H18F2N6O3. The van der Waals surface area contributed by atoms with E-state index in [4.69, 9.17) is 0 Å². The van der Waals surface area contributed by atoms with Crippen LogP contribution in [0.3, 0.4) is 0 Å². The number of halogens is 2. The van der Waals surface area contributed by atoms with Crippen molar-refractivity contribution in [3.8, 4) is 11.4 Å². The number of aromatic nitrogens is 6. The van der Waals surface area contributed by atoms with Crippen LogP contribution in [0.15, 0.2) is 66.2 Å². The number of benzene rings is 2. The summed E-state index contributed by atoms with van der Waals surface area (Å²) < 4.78 is 31.7. The minimum Gasteiger partial charge on any atom is -0.508 e. The maximum absolute atomic E-state index is 14.7. The van der Waals surface area contributed by atoms with Crippen LogP contribution in [0.2, 0.25) is 0 Å². The molecule has 2 atom stereocenters. The summed E-state index contributed by atoms with van der Waals surface area (Å²) in [5, 5.41) is 29.1. The van der Waals surface area contributed by atoms with Gasteiger partial charge in [-0.2, -0.15) is 10.2 Å². The van der Waals surface area contributed by atoms with Crippen LogP contribution in [-0.2, 0) is 12.1 Å². The first-order chi connectivity index (χ1) is 14.8. The van der Waals surface area contributed by atoms with Crippen molar-refractivity contribution in [2.24, 2.45) is 0 Å². The van der Waals surface area contributed by atoms with E-state index in [9.17, 15) is 23.8 Å². The minimum absolute atomic E-state index is 0.0338. The quantitative estimate of drug-likeness (QED) is 0.484. The Morgan fingerprint density at radius 3 is 2.48 bits per heavy atom. The van der Waals surface area contributed by atoms with Gasteiger partial charge in [0.1, 0.15) is 42.0 Å². The number of aromatic hydroxyl groups is 1. The first-order valence-electron chi connectivity index (χ1n) is 9.25. The van der Waals surface area contributed by atoms with Crippen LogP contribution in [0.1, 0.15) is 18.5 Å². The molecule has 0 fully saturated rings. The summed E-state index contributed by atoms with van der Waals surface area (Å²) in [6.07, 6.45) is 3.83. The van der Waals surface area contributed by atoms with Crippen LogP contribution < -0.4 is 5.69 Å². The maximum Gasteiger partial charge on any atom is 0.350 e. The Labute approximate surface area is 174 Å². The van der Waals surface area contributed by atoms with Crippen molar-refractivity contribution in [3.63, 3.8) is 0 Å². The van der Waals surface area contributed by atoms with E-state index in [0.29, 0.717) is 11.8 Å². The molecule has 160 valence electrons. The standard InChI is InChI=1S/C20H18F2N6O3/c1-13(28-19(30)27(12-25-28)15-3-5-16(29)6-4-15)20(31,9-26-11-23-10-24-26)17-7-2-14(21)8-18(17)22/h2-8,10-13,29,31H,9H2,1H3/t13-,20-/m1/s1. The van der Waals surface area contributed by atoms with E-state index >= 15 is 0 Å². The van der Waals surface area contributed by atoms with Crippen molar-refractivity contribution < 1.29 is 19.0 Å². The third-order valence-corrected chi connectivity index (χ3v) is 5.15. The van der Waals surface area contributed by atoms with Crippen molar-refractivity contribution in [2.75, 3.05) is 0 Å². The molecule has 31 heavy (non-hydrogen) atoms. The molecule has 0 aliphatic rings. The first-order valence-corrected chi connectivity index (χ1v) is 9.25. The maximum atomic E-state index is 14.7. The van der Waals surface area contributed by atoms with Crippen LogP contribution in [-0.4, -0.2) is 39.3 Å². The van der Waals surface area contributed by atoms with Gasteiger partial charge in [0.15, 0.2) is 0 Å². The number of phenolic OH excluding ortho intramolecular Hbond substituents is 1. The van der Waals surface area contributed by atoms with Gasteiger partial charge in [-0.05, 0) is 37.3 Å². The lowest BCUT2D eigenvalue weighted by molar-refractivity contribution is -0.0381. The van der Waals surface area contributed by atoms with Crippen molar-refractivity contribution in [1.82, 2.24) is 29.1 Å². The predicted molar refractivity (Wildman–Crippen MR) is 104 cm³/mol. The van der Waals surface area contributed by atoms with Crippen LogP contribution in [0.5, 0.6) is 5.75 Å². The molecule has 9 nitrogen and oxygen atoms in total. The van der Waals surface area contributed by atoms with Gasteiger partial charge in [-0.15, -0.1) is 0 Å². The average Bonchev–Trinajstić information content (AvgIpc) is 3.37. The van der Waals surface area contributed by atoms with Gasteiger partial charge in [-0.1, -0.05) is 6.07 Å². The van der Waals surface area contributed by atoms with Crippen molar-refractivity contribution in [3.05, 3.63) is 89.1 Å². The summed E-state index contributed by atoms with van der Waals surface area (Å²) in [6, 6.07) is 7.60. The zero-order chi connectivity index (χ0) is 22.2. The lowest BCUT2D eigenvalue weighted by atomic mass is 9.86. The Kier molecular flexibility index (Phi) is 5.11. The number of nitrogens with zero attached hydrogens (tertiary/aromatic N) is 6. The van der Waals surface area contributed by atoms with Gasteiger partial charge in [-0.3, -0.25) is 0 Å². The topological polar surface area (TPSA) is 111 Å². The van der Waals surface area contributed by atoms with Gasteiger partial charge in [0.25, 0.3) is 0 Å². The summed E-state index contributed by atoms with van der Waals surface area (Å²) in [5.41, 5.74) is -2.40. The highest BCUT2D eigenvalue weighted by atomic mass is 19.1. The molecule has 11 heteroatoms. The zero-order valence-electron chi connectivity index (χ0n) is 16.3. The van der Waals surface area contributed by atoms with E-state index in [2.05, 4.69) is 15.2 Å². The molecule has 0 radical (unpaired) electrons. The smallest absolute Gasteiger partial charge is 0.350 e. The molecule has 0 unspecified atom stereocenters. The Balaban J connectivity index is 1.80. The summed E-state index contributed by atoms with van der Waals surface area (Å²) in [6.45, 7) is 1.23. The molecule has 4 aromatic rings. The fraction of sp³-hybridized carbons (Fsp3) is 0.200. The van der Waals surface area contributed by atoms with Crippen LogP contribution in [0.4, 0.5) is 8.78 Å². The summed E-state index contributed by atoms with van der Waals surface area (Å²) in [5.74, 6) is -1.74. The van der Waals surface area contributed by atoms with E-state index < -0.39 is 29.0 Å². The highest BCUT2D eigenvalue weighted by Crippen LogP contribution is 2.35. The zero-order valence-corrected chi connectivity index (χ0v) is 16.3. The van der Waals surface area contributed by atoms with Gasteiger partial charge < -0.3 is 10.2 Å². The number of phenols is 1. The fourth-order valence-corrected chi connectivity index (χ4v) is 3.42. The molecular weight excluding hydrogens is 410 g/mol. The molecule has 4 rings (SSSR count). The highest BCUT2D eigenvalue weighted by Gasteiger charge is 2.41. The largest absolute Gasteiger partial charge is 0.508 e. The average molecular weight is 428 g/mol.